The summed E-state index contributed by atoms with van der Waals surface area (Å²) in [5.74, 6) is 2.70. The first-order chi connectivity index (χ1) is 17.2. The average Bonchev–Trinajstić information content (AvgIpc) is 3.40. The summed E-state index contributed by atoms with van der Waals surface area (Å²) in [5, 5.41) is 11.5. The minimum absolute atomic E-state index is 0. The first kappa shape index (κ1) is 26.4. The number of rotatable bonds is 7. The van der Waals surface area contributed by atoms with Crippen LogP contribution in [0.3, 0.4) is 0 Å². The molecule has 37 heavy (non-hydrogen) atoms. The molecule has 1 fully saturated rings. The second-order valence-electron chi connectivity index (χ2n) is 8.80. The van der Waals surface area contributed by atoms with Gasteiger partial charge < -0.3 is 19.6 Å². The van der Waals surface area contributed by atoms with E-state index in [-0.39, 0.29) is 35.4 Å². The van der Waals surface area contributed by atoms with Crippen LogP contribution in [0, 0.1) is 13.8 Å². The molecule has 0 bridgehead atoms. The van der Waals surface area contributed by atoms with E-state index in [9.17, 15) is 14.7 Å². The topological polar surface area (TPSA) is 114 Å². The molecule has 3 N–H and O–H groups in total. The van der Waals surface area contributed by atoms with Crippen molar-refractivity contribution in [2.24, 2.45) is 0 Å². The van der Waals surface area contributed by atoms with Gasteiger partial charge in [-0.2, -0.15) is 0 Å². The van der Waals surface area contributed by atoms with Crippen molar-refractivity contribution in [3.63, 3.8) is 0 Å². The Morgan fingerprint density at radius 1 is 1.03 bits per heavy atom. The van der Waals surface area contributed by atoms with E-state index in [4.69, 9.17) is 9.47 Å². The van der Waals surface area contributed by atoms with Gasteiger partial charge in [0.1, 0.15) is 28.8 Å². The van der Waals surface area contributed by atoms with E-state index in [1.54, 1.807) is 6.07 Å². The van der Waals surface area contributed by atoms with Crippen LogP contribution < -0.4 is 14.8 Å². The molecule has 0 aliphatic carbocycles. The molecule has 8 nitrogen and oxygen atoms in total. The number of amides is 2. The van der Waals surface area contributed by atoms with E-state index < -0.39 is 5.25 Å². The molecule has 1 aliphatic rings. The molecule has 2 atom stereocenters. The summed E-state index contributed by atoms with van der Waals surface area (Å²) in [6, 6.07) is 16.6. The van der Waals surface area contributed by atoms with Crippen LogP contribution in [0.2, 0.25) is 0 Å². The quantitative estimate of drug-likeness (QED) is 0.259. The Morgan fingerprint density at radius 3 is 2.46 bits per heavy atom. The van der Waals surface area contributed by atoms with Gasteiger partial charge in [-0.1, -0.05) is 23.9 Å². The Bertz CT molecular complexity index is 1470. The number of nitrogens with zero attached hydrogens (tertiary/aromatic N) is 1. The van der Waals surface area contributed by atoms with Crippen LogP contribution in [-0.2, 0) is 11.2 Å². The number of carbonyl (C=O) groups excluding carboxylic acids is 2. The van der Waals surface area contributed by atoms with Crippen molar-refractivity contribution >= 4 is 46.3 Å². The van der Waals surface area contributed by atoms with Gasteiger partial charge in [-0.25, -0.2) is 4.98 Å². The van der Waals surface area contributed by atoms with Gasteiger partial charge in [0, 0.05) is 6.07 Å². The van der Waals surface area contributed by atoms with Crippen LogP contribution in [0.4, 0.5) is 4.79 Å². The molecule has 4 aromatic rings. The molecular weight excluding hydrogens is 514 g/mol. The zero-order chi connectivity index (χ0) is 25.4. The van der Waals surface area contributed by atoms with Crippen molar-refractivity contribution in [1.82, 2.24) is 15.3 Å². The molecule has 0 spiro atoms. The highest BCUT2D eigenvalue weighted by Crippen LogP contribution is 2.32. The lowest BCUT2D eigenvalue weighted by Gasteiger charge is -2.13. The highest BCUT2D eigenvalue weighted by atomic mass is 35.5. The number of phenols is 1. The van der Waals surface area contributed by atoms with Crippen LogP contribution in [0.5, 0.6) is 23.0 Å². The van der Waals surface area contributed by atoms with Crippen molar-refractivity contribution in [2.75, 3.05) is 0 Å². The molecule has 2 unspecified atom stereocenters. The molecule has 0 saturated carbocycles. The van der Waals surface area contributed by atoms with E-state index in [2.05, 4.69) is 15.3 Å². The molecule has 3 aromatic carbocycles. The maximum absolute atomic E-state index is 11.8. The third-order valence-electron chi connectivity index (χ3n) is 6.00. The predicted octanol–water partition coefficient (Wildman–Crippen LogP) is 6.13. The van der Waals surface area contributed by atoms with Crippen LogP contribution in [-0.4, -0.2) is 31.5 Å². The lowest BCUT2D eigenvalue weighted by molar-refractivity contribution is -0.118. The maximum atomic E-state index is 11.8. The number of imide groups is 1. The number of nitrogens with one attached hydrogen (secondary N) is 2. The van der Waals surface area contributed by atoms with Gasteiger partial charge in [0.05, 0.1) is 16.3 Å². The van der Waals surface area contributed by atoms with Gasteiger partial charge in [-0.3, -0.25) is 14.9 Å². The zero-order valence-electron chi connectivity index (χ0n) is 20.4. The van der Waals surface area contributed by atoms with Gasteiger partial charge in [-0.15, -0.1) is 12.4 Å². The molecule has 2 heterocycles. The number of ether oxygens (including phenoxy) is 2. The first-order valence-corrected chi connectivity index (χ1v) is 12.4. The second kappa shape index (κ2) is 10.7. The largest absolute Gasteiger partial charge is 0.508 e. The number of thioether (sulfide) groups is 1. The lowest BCUT2D eigenvalue weighted by atomic mass is 10.1. The molecule has 10 heteroatoms. The third kappa shape index (κ3) is 5.84. The van der Waals surface area contributed by atoms with Crippen molar-refractivity contribution < 1.29 is 24.2 Å². The van der Waals surface area contributed by atoms with E-state index in [1.807, 2.05) is 69.3 Å². The lowest BCUT2D eigenvalue weighted by Crippen LogP contribution is -2.25. The summed E-state index contributed by atoms with van der Waals surface area (Å²) >= 11 is 1.02. The van der Waals surface area contributed by atoms with Crippen molar-refractivity contribution in [3.05, 3.63) is 77.1 Å². The standard InChI is InChI=1S/C27H25N3O5S.ClH/c1-14-11-23(15(2)10-22(14)31)35-19-8-9-20-21(13-19)29-25(28-20)16(3)34-18-6-4-17(5-7-18)12-24-26(32)30-27(33)36-24;/h4-11,13,16,24,31H,12H2,1-3H3,(H,28,29)(H,30,32,33);1H. The van der Waals surface area contributed by atoms with Crippen molar-refractivity contribution in [3.8, 4) is 23.0 Å². The summed E-state index contributed by atoms with van der Waals surface area (Å²) in [6.07, 6.45) is 0.151. The van der Waals surface area contributed by atoms with Crippen LogP contribution in [0.25, 0.3) is 11.0 Å². The number of imidazole rings is 1. The Hall–Kier alpha value is -3.69. The van der Waals surface area contributed by atoms with E-state index >= 15 is 0 Å². The fourth-order valence-electron chi connectivity index (χ4n) is 3.98. The Morgan fingerprint density at radius 2 is 1.76 bits per heavy atom. The van der Waals surface area contributed by atoms with Gasteiger partial charge >= 0.3 is 0 Å². The molecule has 5 rings (SSSR count). The van der Waals surface area contributed by atoms with Crippen LogP contribution in [0.15, 0.2) is 54.6 Å². The number of phenolic OH excluding ortho intramolecular Hbond substituents is 1. The van der Waals surface area contributed by atoms with E-state index in [0.29, 0.717) is 29.5 Å². The summed E-state index contributed by atoms with van der Waals surface area (Å²) in [6.45, 7) is 5.63. The Kier molecular flexibility index (Phi) is 7.65. The SMILES string of the molecule is Cc1cc(Oc2ccc3nc(C(C)Oc4ccc(CC5SC(=O)NC5=O)cc4)[nH]c3c2)c(C)cc1O.Cl. The fourth-order valence-corrected chi connectivity index (χ4v) is 4.84. The minimum Gasteiger partial charge on any atom is -0.508 e. The number of H-pyrrole nitrogens is 1. The number of fused-ring (bicyclic) bond motifs is 1. The molecule has 1 aliphatic heterocycles. The molecule has 192 valence electrons. The number of hydrogen-bond donors (Lipinski definition) is 3. The fraction of sp³-hybridized carbons (Fsp3) is 0.222. The first-order valence-electron chi connectivity index (χ1n) is 11.5. The summed E-state index contributed by atoms with van der Waals surface area (Å²) in [5.41, 5.74) is 4.16. The summed E-state index contributed by atoms with van der Waals surface area (Å²) < 4.78 is 12.1. The number of aromatic hydroxyl groups is 1. The van der Waals surface area contributed by atoms with E-state index in [0.717, 1.165) is 39.5 Å². The number of carbonyl (C=O) groups is 2. The summed E-state index contributed by atoms with van der Waals surface area (Å²) in [7, 11) is 0. The normalized spacial score (nSPS) is 15.8. The molecule has 1 aromatic heterocycles. The highest BCUT2D eigenvalue weighted by molar-refractivity contribution is 8.15. The van der Waals surface area contributed by atoms with Crippen molar-refractivity contribution in [1.29, 1.82) is 0 Å². The molecular formula is C27H26ClN3O5S. The number of aromatic amines is 1. The molecule has 0 radical (unpaired) electrons. The number of halogens is 1. The Labute approximate surface area is 224 Å². The highest BCUT2D eigenvalue weighted by Gasteiger charge is 2.31. The molecule has 2 amide bonds. The number of aromatic nitrogens is 2. The monoisotopic (exact) mass is 539 g/mol. The smallest absolute Gasteiger partial charge is 0.286 e. The second-order valence-corrected chi connectivity index (χ2v) is 9.97. The Balaban J connectivity index is 0.00000320. The zero-order valence-corrected chi connectivity index (χ0v) is 22.0. The van der Waals surface area contributed by atoms with Gasteiger partial charge in [0.15, 0.2) is 6.10 Å². The molecule has 1 saturated heterocycles. The number of aryl methyl sites for hydroxylation is 2. The number of benzene rings is 3. The maximum Gasteiger partial charge on any atom is 0.286 e. The van der Waals surface area contributed by atoms with Crippen LogP contribution >= 0.6 is 24.2 Å². The van der Waals surface area contributed by atoms with Gasteiger partial charge in [-0.05, 0) is 80.3 Å². The number of hydrogen-bond acceptors (Lipinski definition) is 7. The minimum atomic E-state index is -0.394. The van der Waals surface area contributed by atoms with Gasteiger partial charge in [0.2, 0.25) is 5.91 Å². The van der Waals surface area contributed by atoms with Crippen molar-refractivity contribution in [2.45, 2.75) is 38.5 Å². The third-order valence-corrected chi connectivity index (χ3v) is 6.98. The van der Waals surface area contributed by atoms with Gasteiger partial charge in [0.25, 0.3) is 5.24 Å². The predicted molar refractivity (Wildman–Crippen MR) is 145 cm³/mol. The summed E-state index contributed by atoms with van der Waals surface area (Å²) in [4.78, 5) is 31.1. The average molecular weight is 540 g/mol. The van der Waals surface area contributed by atoms with E-state index in [1.165, 1.54) is 0 Å². The van der Waals surface area contributed by atoms with Crippen LogP contribution in [0.1, 0.15) is 35.5 Å².